The molecule has 1 aliphatic heterocycles. The van der Waals surface area contributed by atoms with Crippen molar-refractivity contribution in [1.82, 2.24) is 24.8 Å². The normalized spacial score (nSPS) is 13.7. The molecule has 156 valence electrons. The lowest BCUT2D eigenvalue weighted by molar-refractivity contribution is 0.310. The lowest BCUT2D eigenvalue weighted by atomic mass is 10.1. The highest BCUT2D eigenvalue weighted by Gasteiger charge is 2.17. The zero-order valence-corrected chi connectivity index (χ0v) is 17.3. The first-order valence-corrected chi connectivity index (χ1v) is 10.1. The van der Waals surface area contributed by atoms with E-state index in [1.54, 1.807) is 19.5 Å². The van der Waals surface area contributed by atoms with Crippen LogP contribution in [0.3, 0.4) is 0 Å². The van der Waals surface area contributed by atoms with E-state index in [0.29, 0.717) is 28.6 Å². The van der Waals surface area contributed by atoms with Crippen LogP contribution in [0.15, 0.2) is 53.6 Å². The standard InChI is InChI=1S/C23H22N6O2/c1-29-10-8-17-15(13-29)11-18(22(30)26-17)27-23-25-12-14-7-9-24-21(20(14)28-23)16-5-3-4-6-19(16)31-2/h3-7,9,11-12H,8,10,13H2,1-2H3,(H,26,30)(H,25,27,28). The predicted molar refractivity (Wildman–Crippen MR) is 120 cm³/mol. The molecule has 8 nitrogen and oxygen atoms in total. The molecule has 0 unspecified atom stereocenters. The van der Waals surface area contributed by atoms with E-state index in [-0.39, 0.29) is 5.56 Å². The fourth-order valence-corrected chi connectivity index (χ4v) is 3.92. The Hall–Kier alpha value is -3.78. The van der Waals surface area contributed by atoms with E-state index < -0.39 is 0 Å². The van der Waals surface area contributed by atoms with E-state index in [4.69, 9.17) is 4.74 Å². The highest BCUT2D eigenvalue weighted by molar-refractivity contribution is 5.93. The molecule has 0 fully saturated rings. The van der Waals surface area contributed by atoms with Crippen LogP contribution < -0.4 is 15.6 Å². The molecule has 0 aliphatic carbocycles. The zero-order chi connectivity index (χ0) is 21.4. The number of benzene rings is 1. The van der Waals surface area contributed by atoms with E-state index in [1.165, 1.54) is 0 Å². The molecule has 31 heavy (non-hydrogen) atoms. The number of fused-ring (bicyclic) bond motifs is 2. The first kappa shape index (κ1) is 19.2. The fourth-order valence-electron chi connectivity index (χ4n) is 3.92. The second-order valence-electron chi connectivity index (χ2n) is 7.62. The lowest BCUT2D eigenvalue weighted by Gasteiger charge is -2.24. The van der Waals surface area contributed by atoms with Crippen LogP contribution in [0.25, 0.3) is 22.2 Å². The third-order valence-corrected chi connectivity index (χ3v) is 5.51. The monoisotopic (exact) mass is 414 g/mol. The summed E-state index contributed by atoms with van der Waals surface area (Å²) in [5.74, 6) is 1.05. The number of anilines is 2. The van der Waals surface area contributed by atoms with Crippen molar-refractivity contribution in [1.29, 1.82) is 0 Å². The van der Waals surface area contributed by atoms with Crippen LogP contribution in [0.2, 0.25) is 0 Å². The van der Waals surface area contributed by atoms with Gasteiger partial charge < -0.3 is 19.9 Å². The second kappa shape index (κ2) is 7.81. The summed E-state index contributed by atoms with van der Waals surface area (Å²) in [4.78, 5) is 31.5. The number of nitrogens with one attached hydrogen (secondary N) is 2. The van der Waals surface area contributed by atoms with Gasteiger partial charge in [0.1, 0.15) is 22.6 Å². The largest absolute Gasteiger partial charge is 0.496 e. The molecule has 0 saturated heterocycles. The van der Waals surface area contributed by atoms with Gasteiger partial charge in [-0.05, 0) is 36.9 Å². The van der Waals surface area contributed by atoms with E-state index in [2.05, 4.69) is 37.2 Å². The van der Waals surface area contributed by atoms with Crippen molar-refractivity contribution < 1.29 is 4.74 Å². The van der Waals surface area contributed by atoms with E-state index in [1.807, 2.05) is 36.4 Å². The Labute approximate surface area is 179 Å². The van der Waals surface area contributed by atoms with Crippen molar-refractivity contribution in [2.24, 2.45) is 0 Å². The van der Waals surface area contributed by atoms with Crippen molar-refractivity contribution in [3.8, 4) is 17.0 Å². The number of methoxy groups -OCH3 is 1. The molecule has 0 radical (unpaired) electrons. The quantitative estimate of drug-likeness (QED) is 0.530. The molecule has 4 aromatic rings. The maximum Gasteiger partial charge on any atom is 0.271 e. The maximum atomic E-state index is 12.6. The minimum Gasteiger partial charge on any atom is -0.496 e. The van der Waals surface area contributed by atoms with Crippen molar-refractivity contribution in [3.05, 3.63) is 70.4 Å². The van der Waals surface area contributed by atoms with Crippen LogP contribution in [0.5, 0.6) is 5.75 Å². The number of rotatable bonds is 4. The summed E-state index contributed by atoms with van der Waals surface area (Å²) in [6.45, 7) is 1.73. The van der Waals surface area contributed by atoms with Crippen molar-refractivity contribution in [3.63, 3.8) is 0 Å². The molecular weight excluding hydrogens is 392 g/mol. The molecule has 8 heteroatoms. The summed E-state index contributed by atoms with van der Waals surface area (Å²) in [7, 11) is 3.70. The molecule has 1 aromatic carbocycles. The summed E-state index contributed by atoms with van der Waals surface area (Å²) in [5, 5.41) is 3.94. The van der Waals surface area contributed by atoms with Gasteiger partial charge in [0.2, 0.25) is 5.95 Å². The zero-order valence-electron chi connectivity index (χ0n) is 17.3. The number of H-pyrrole nitrogens is 1. The number of aromatic nitrogens is 4. The summed E-state index contributed by atoms with van der Waals surface area (Å²) < 4.78 is 5.50. The number of pyridine rings is 2. The Morgan fingerprint density at radius 1 is 1.19 bits per heavy atom. The Morgan fingerprint density at radius 2 is 2.06 bits per heavy atom. The number of likely N-dealkylation sites (N-methyl/N-ethyl adjacent to an activating group) is 1. The highest BCUT2D eigenvalue weighted by atomic mass is 16.5. The first-order valence-electron chi connectivity index (χ1n) is 10.1. The van der Waals surface area contributed by atoms with Crippen LogP contribution in [0, 0.1) is 0 Å². The van der Waals surface area contributed by atoms with Crippen LogP contribution in [-0.2, 0) is 13.0 Å². The minimum absolute atomic E-state index is 0.178. The molecular formula is C23H22N6O2. The number of nitrogens with zero attached hydrogens (tertiary/aromatic N) is 4. The molecule has 3 aromatic heterocycles. The van der Waals surface area contributed by atoms with Gasteiger partial charge in [-0.25, -0.2) is 9.97 Å². The molecule has 2 N–H and O–H groups in total. The summed E-state index contributed by atoms with van der Waals surface area (Å²) in [6.07, 6.45) is 4.29. The van der Waals surface area contributed by atoms with Crippen molar-refractivity contribution in [2.75, 3.05) is 26.0 Å². The van der Waals surface area contributed by atoms with Gasteiger partial charge in [0, 0.05) is 48.5 Å². The number of hydrogen-bond acceptors (Lipinski definition) is 7. The number of aromatic amines is 1. The number of hydrogen-bond donors (Lipinski definition) is 2. The van der Waals surface area contributed by atoms with Gasteiger partial charge in [-0.2, -0.15) is 0 Å². The Balaban J connectivity index is 1.57. The minimum atomic E-state index is -0.178. The van der Waals surface area contributed by atoms with Gasteiger partial charge >= 0.3 is 0 Å². The van der Waals surface area contributed by atoms with Crippen molar-refractivity contribution in [2.45, 2.75) is 13.0 Å². The predicted octanol–water partition coefficient (Wildman–Crippen LogP) is 3.12. The molecule has 0 bridgehead atoms. The van der Waals surface area contributed by atoms with Crippen molar-refractivity contribution >= 4 is 22.5 Å². The Kier molecular flexibility index (Phi) is 4.83. The average Bonchev–Trinajstić information content (AvgIpc) is 2.79. The summed E-state index contributed by atoms with van der Waals surface area (Å²) in [5.41, 5.74) is 4.57. The molecule has 4 heterocycles. The summed E-state index contributed by atoms with van der Waals surface area (Å²) >= 11 is 0. The average molecular weight is 414 g/mol. The Morgan fingerprint density at radius 3 is 2.94 bits per heavy atom. The highest BCUT2D eigenvalue weighted by Crippen LogP contribution is 2.32. The SMILES string of the molecule is COc1ccccc1-c1nccc2cnc(Nc3cc4c([nH]c3=O)CCN(C)C4)nc12. The first-order chi connectivity index (χ1) is 15.1. The van der Waals surface area contributed by atoms with Crippen LogP contribution in [-0.4, -0.2) is 45.5 Å². The molecule has 0 saturated carbocycles. The van der Waals surface area contributed by atoms with Crippen LogP contribution >= 0.6 is 0 Å². The van der Waals surface area contributed by atoms with Gasteiger partial charge in [0.05, 0.1) is 7.11 Å². The van der Waals surface area contributed by atoms with E-state index in [9.17, 15) is 4.79 Å². The van der Waals surface area contributed by atoms with Crippen LogP contribution in [0.1, 0.15) is 11.3 Å². The molecule has 0 amide bonds. The lowest BCUT2D eigenvalue weighted by Crippen LogP contribution is -2.29. The van der Waals surface area contributed by atoms with Gasteiger partial charge in [-0.3, -0.25) is 9.78 Å². The maximum absolute atomic E-state index is 12.6. The molecule has 5 rings (SSSR count). The van der Waals surface area contributed by atoms with Gasteiger partial charge in [0.25, 0.3) is 5.56 Å². The second-order valence-corrected chi connectivity index (χ2v) is 7.62. The topological polar surface area (TPSA) is 96.0 Å². The molecule has 0 atom stereocenters. The third-order valence-electron chi connectivity index (χ3n) is 5.51. The van der Waals surface area contributed by atoms with Gasteiger partial charge in [0.15, 0.2) is 0 Å². The summed E-state index contributed by atoms with van der Waals surface area (Å²) in [6, 6.07) is 11.4. The fraction of sp³-hybridized carbons (Fsp3) is 0.217. The van der Waals surface area contributed by atoms with E-state index in [0.717, 1.165) is 41.7 Å². The van der Waals surface area contributed by atoms with Gasteiger partial charge in [-0.1, -0.05) is 12.1 Å². The number of para-hydroxylation sites is 1. The third kappa shape index (κ3) is 3.62. The molecule has 1 aliphatic rings. The van der Waals surface area contributed by atoms with Crippen LogP contribution in [0.4, 0.5) is 11.6 Å². The molecule has 0 spiro atoms. The van der Waals surface area contributed by atoms with E-state index >= 15 is 0 Å². The number of ether oxygens (including phenoxy) is 1. The van der Waals surface area contributed by atoms with Gasteiger partial charge in [-0.15, -0.1) is 0 Å². The Bertz CT molecular complexity index is 1330. The smallest absolute Gasteiger partial charge is 0.271 e.